The molecule has 5 nitrogen and oxygen atoms in total. The van der Waals surface area contributed by atoms with Crippen molar-refractivity contribution in [3.05, 3.63) is 65.2 Å². The first-order valence-electron chi connectivity index (χ1n) is 9.47. The van der Waals surface area contributed by atoms with E-state index >= 15 is 0 Å². The van der Waals surface area contributed by atoms with Crippen molar-refractivity contribution in [1.29, 1.82) is 5.26 Å². The molecule has 1 atom stereocenters. The molecule has 1 unspecified atom stereocenters. The Morgan fingerprint density at radius 1 is 1.13 bits per heavy atom. The highest BCUT2D eigenvalue weighted by atomic mass is 32.2. The Hall–Kier alpha value is -2.34. The Bertz CT molecular complexity index is 1040. The zero-order valence-electron chi connectivity index (χ0n) is 17.0. The van der Waals surface area contributed by atoms with Crippen LogP contribution in [0.3, 0.4) is 0 Å². The Kier molecular flexibility index (Phi) is 7.91. The lowest BCUT2D eigenvalue weighted by atomic mass is 10.0. The molecule has 0 aliphatic carbocycles. The lowest BCUT2D eigenvalue weighted by Crippen LogP contribution is -2.22. The van der Waals surface area contributed by atoms with Crippen LogP contribution in [0.4, 0.5) is 5.69 Å². The van der Waals surface area contributed by atoms with Crippen molar-refractivity contribution in [2.24, 2.45) is 0 Å². The van der Waals surface area contributed by atoms with E-state index in [1.54, 1.807) is 36.0 Å². The van der Waals surface area contributed by atoms with Crippen LogP contribution in [-0.4, -0.2) is 21.4 Å². The summed E-state index contributed by atoms with van der Waals surface area (Å²) in [6.45, 7) is 6.21. The molecule has 0 saturated heterocycles. The van der Waals surface area contributed by atoms with E-state index in [1.165, 1.54) is 34.2 Å². The second-order valence-electron chi connectivity index (χ2n) is 6.96. The third-order valence-electron chi connectivity index (χ3n) is 4.30. The van der Waals surface area contributed by atoms with Gasteiger partial charge in [-0.05, 0) is 42.2 Å². The van der Waals surface area contributed by atoms with E-state index in [0.29, 0.717) is 17.2 Å². The zero-order chi connectivity index (χ0) is 21.5. The summed E-state index contributed by atoms with van der Waals surface area (Å²) in [5.74, 6) is 1.23. The fraction of sp³-hybridized carbons (Fsp3) is 0.273. The van der Waals surface area contributed by atoms with Gasteiger partial charge in [-0.1, -0.05) is 79.0 Å². The van der Waals surface area contributed by atoms with Crippen LogP contribution in [0.5, 0.6) is 0 Å². The Morgan fingerprint density at radius 3 is 2.57 bits per heavy atom. The van der Waals surface area contributed by atoms with E-state index in [0.717, 1.165) is 14.4 Å². The van der Waals surface area contributed by atoms with Gasteiger partial charge in [0.05, 0.1) is 16.9 Å². The third kappa shape index (κ3) is 6.33. The topological polar surface area (TPSA) is 78.7 Å². The number of nitrogens with one attached hydrogen (secondary N) is 1. The second-order valence-corrected chi connectivity index (χ2v) is 10.7. The van der Waals surface area contributed by atoms with E-state index < -0.39 is 0 Å². The monoisotopic (exact) mass is 454 g/mol. The molecule has 0 spiro atoms. The average molecular weight is 455 g/mol. The molecule has 30 heavy (non-hydrogen) atoms. The number of rotatable bonds is 8. The van der Waals surface area contributed by atoms with Gasteiger partial charge in [0, 0.05) is 11.4 Å². The summed E-state index contributed by atoms with van der Waals surface area (Å²) in [7, 11) is 0. The van der Waals surface area contributed by atoms with Crippen LogP contribution in [0.2, 0.25) is 0 Å². The molecule has 0 bridgehead atoms. The molecule has 3 aromatic rings. The van der Waals surface area contributed by atoms with Gasteiger partial charge >= 0.3 is 0 Å². The molecule has 1 heterocycles. The van der Waals surface area contributed by atoms with Crippen LogP contribution in [0.25, 0.3) is 0 Å². The number of nitriles is 1. The Labute approximate surface area is 189 Å². The highest BCUT2D eigenvalue weighted by Gasteiger charge is 2.17. The van der Waals surface area contributed by atoms with Gasteiger partial charge < -0.3 is 5.32 Å². The van der Waals surface area contributed by atoms with Gasteiger partial charge in [0.25, 0.3) is 0 Å². The fourth-order valence-corrected chi connectivity index (χ4v) is 5.68. The summed E-state index contributed by atoms with van der Waals surface area (Å²) in [5, 5.41) is 19.9. The average Bonchev–Trinajstić information content (AvgIpc) is 3.19. The normalized spacial score (nSPS) is 11.8. The summed E-state index contributed by atoms with van der Waals surface area (Å²) < 4.78 is 1.65. The van der Waals surface area contributed by atoms with E-state index in [2.05, 4.69) is 59.7 Å². The smallest absolute Gasteiger partial charge is 0.237 e. The van der Waals surface area contributed by atoms with Crippen molar-refractivity contribution in [2.45, 2.75) is 46.4 Å². The van der Waals surface area contributed by atoms with Crippen LogP contribution in [0, 0.1) is 11.3 Å². The predicted molar refractivity (Wildman–Crippen MR) is 125 cm³/mol. The van der Waals surface area contributed by atoms with Gasteiger partial charge in [0.1, 0.15) is 0 Å². The number of nitrogens with zero attached hydrogens (tertiary/aromatic N) is 3. The molecular formula is C22H22N4OS3. The second kappa shape index (κ2) is 10.6. The molecule has 0 saturated carbocycles. The van der Waals surface area contributed by atoms with Gasteiger partial charge in [-0.15, -0.1) is 10.2 Å². The van der Waals surface area contributed by atoms with E-state index in [9.17, 15) is 4.79 Å². The van der Waals surface area contributed by atoms with Gasteiger partial charge in [-0.3, -0.25) is 4.79 Å². The molecule has 1 amide bonds. The minimum Gasteiger partial charge on any atom is -0.325 e. The van der Waals surface area contributed by atoms with Gasteiger partial charge in [0.2, 0.25) is 5.91 Å². The SMILES string of the molecule is CC(Sc1nnc(SCc2ccc(C(C)C)cc2)s1)C(=O)Nc1cccc(C#N)c1. The van der Waals surface area contributed by atoms with Gasteiger partial charge in [-0.2, -0.15) is 5.26 Å². The molecule has 0 fully saturated rings. The van der Waals surface area contributed by atoms with Crippen molar-refractivity contribution in [1.82, 2.24) is 10.2 Å². The molecule has 1 aromatic heterocycles. The van der Waals surface area contributed by atoms with Crippen LogP contribution in [0.15, 0.2) is 57.2 Å². The molecule has 0 radical (unpaired) electrons. The number of anilines is 1. The Balaban J connectivity index is 1.51. The summed E-state index contributed by atoms with van der Waals surface area (Å²) in [6.07, 6.45) is 0. The lowest BCUT2D eigenvalue weighted by molar-refractivity contribution is -0.115. The molecule has 0 aliphatic rings. The highest BCUT2D eigenvalue weighted by molar-refractivity contribution is 8.03. The standard InChI is InChI=1S/C22H22N4OS3/c1-14(2)18-9-7-16(8-10-18)13-28-21-25-26-22(30-21)29-15(3)20(27)24-19-6-4-5-17(11-19)12-23/h4-11,14-15H,13H2,1-3H3,(H,24,27). The number of amides is 1. The summed E-state index contributed by atoms with van der Waals surface area (Å²) in [6, 6.07) is 17.6. The van der Waals surface area contributed by atoms with Crippen molar-refractivity contribution in [3.63, 3.8) is 0 Å². The van der Waals surface area contributed by atoms with Crippen LogP contribution in [-0.2, 0) is 10.5 Å². The zero-order valence-corrected chi connectivity index (χ0v) is 19.4. The maximum Gasteiger partial charge on any atom is 0.237 e. The number of hydrogen-bond donors (Lipinski definition) is 1. The first kappa shape index (κ1) is 22.3. The van der Waals surface area contributed by atoms with Gasteiger partial charge in [-0.25, -0.2) is 0 Å². The van der Waals surface area contributed by atoms with E-state index in [4.69, 9.17) is 5.26 Å². The number of carbonyl (C=O) groups is 1. The van der Waals surface area contributed by atoms with Crippen molar-refractivity contribution >= 4 is 46.5 Å². The van der Waals surface area contributed by atoms with Crippen LogP contribution >= 0.6 is 34.9 Å². The van der Waals surface area contributed by atoms with Crippen molar-refractivity contribution < 1.29 is 4.79 Å². The molecule has 1 N–H and O–H groups in total. The predicted octanol–water partition coefficient (Wildman–Crippen LogP) is 5.94. The minimum absolute atomic E-state index is 0.135. The fourth-order valence-electron chi connectivity index (χ4n) is 2.56. The summed E-state index contributed by atoms with van der Waals surface area (Å²) >= 11 is 4.53. The molecule has 154 valence electrons. The lowest BCUT2D eigenvalue weighted by Gasteiger charge is -2.10. The number of carbonyl (C=O) groups excluding carboxylic acids is 1. The maximum absolute atomic E-state index is 12.4. The Morgan fingerprint density at radius 2 is 1.87 bits per heavy atom. The molecule has 8 heteroatoms. The third-order valence-corrected chi connectivity index (χ3v) is 7.61. The van der Waals surface area contributed by atoms with Gasteiger partial charge in [0.15, 0.2) is 8.68 Å². The maximum atomic E-state index is 12.4. The van der Waals surface area contributed by atoms with Crippen molar-refractivity contribution in [3.8, 4) is 6.07 Å². The largest absolute Gasteiger partial charge is 0.325 e. The van der Waals surface area contributed by atoms with E-state index in [-0.39, 0.29) is 11.2 Å². The first-order valence-corrected chi connectivity index (χ1v) is 12.2. The first-order chi connectivity index (χ1) is 14.4. The quantitative estimate of drug-likeness (QED) is 0.424. The highest BCUT2D eigenvalue weighted by Crippen LogP contribution is 2.33. The van der Waals surface area contributed by atoms with E-state index in [1.807, 2.05) is 6.92 Å². The van der Waals surface area contributed by atoms with Crippen LogP contribution in [0.1, 0.15) is 43.4 Å². The summed E-state index contributed by atoms with van der Waals surface area (Å²) in [5.41, 5.74) is 3.72. The minimum atomic E-state index is -0.329. The number of thioether (sulfide) groups is 2. The number of benzene rings is 2. The van der Waals surface area contributed by atoms with Crippen molar-refractivity contribution in [2.75, 3.05) is 5.32 Å². The molecular weight excluding hydrogens is 432 g/mol. The molecule has 3 rings (SSSR count). The number of hydrogen-bond acceptors (Lipinski definition) is 7. The van der Waals surface area contributed by atoms with Crippen LogP contribution < -0.4 is 5.32 Å². The molecule has 2 aromatic carbocycles. The number of aromatic nitrogens is 2. The summed E-state index contributed by atoms with van der Waals surface area (Å²) in [4.78, 5) is 12.4. The molecule has 0 aliphatic heterocycles.